The number of carboxylic acids is 2. The van der Waals surface area contributed by atoms with Crippen LogP contribution in [0.4, 0.5) is 34.1 Å². The maximum atomic E-state index is 12.8. The number of halogens is 2. The third kappa shape index (κ3) is 20.7. The van der Waals surface area contributed by atoms with Crippen molar-refractivity contribution in [2.24, 2.45) is 20.5 Å². The summed E-state index contributed by atoms with van der Waals surface area (Å²) in [5, 5.41) is 90.4. The molecule has 0 unspecified atom stereocenters. The largest absolute Gasteiger partial charge is 2.00 e. The molecule has 0 aliphatic rings. The summed E-state index contributed by atoms with van der Waals surface area (Å²) in [7, 11) is -8.75. The van der Waals surface area contributed by atoms with Crippen LogP contribution in [0.3, 0.4) is 0 Å². The number of hydrogen-bond acceptors (Lipinski definition) is 18. The van der Waals surface area contributed by atoms with Crippen LogP contribution in [0, 0.1) is 0 Å². The summed E-state index contributed by atoms with van der Waals surface area (Å²) in [5.41, 5.74) is -3.20. The van der Waals surface area contributed by atoms with Gasteiger partial charge in [0.2, 0.25) is 0 Å². The molecule has 0 aliphatic heterocycles. The van der Waals surface area contributed by atoms with E-state index in [1.54, 1.807) is 24.3 Å². The number of azo groups is 2. The summed E-state index contributed by atoms with van der Waals surface area (Å²) >= 11 is 12.0. The fraction of sp³-hybridized carbons (Fsp3) is 0.0435. The van der Waals surface area contributed by atoms with Gasteiger partial charge in [0.05, 0.1) is 65.9 Å². The van der Waals surface area contributed by atoms with Crippen LogP contribution >= 0.6 is 23.2 Å². The number of nitrogens with one attached hydrogen (secondary N) is 4. The molecule has 379 valence electrons. The molecule has 6 aromatic carbocycles. The second-order valence-corrected chi connectivity index (χ2v) is 18.4. The summed E-state index contributed by atoms with van der Waals surface area (Å²) in [4.78, 5) is 46.6. The molecule has 0 aliphatic carbocycles. The third-order valence-corrected chi connectivity index (χ3v) is 12.5. The van der Waals surface area contributed by atoms with Crippen molar-refractivity contribution in [2.75, 3.05) is 20.1 Å². The van der Waals surface area contributed by atoms with Crippen molar-refractivity contribution < 1.29 is 202 Å². The van der Waals surface area contributed by atoms with Gasteiger partial charge in [0.15, 0.2) is 0 Å². The van der Waals surface area contributed by atoms with Gasteiger partial charge in [-0.25, -0.2) is 16.8 Å². The molecule has 0 spiro atoms. The quantitative estimate of drug-likeness (QED) is 0.0303. The molecule has 2 amide bonds. The van der Waals surface area contributed by atoms with E-state index in [1.165, 1.54) is 60.7 Å². The monoisotopic (exact) mass is 1200 g/mol. The molecule has 77 heavy (non-hydrogen) atoms. The molecule has 6 aromatic rings. The van der Waals surface area contributed by atoms with Gasteiger partial charge in [0.25, 0.3) is 31.9 Å². The Morgan fingerprint density at radius 1 is 0.468 bits per heavy atom. The molecule has 22 nitrogen and oxygen atoms in total. The third-order valence-electron chi connectivity index (χ3n) is 9.12. The van der Waals surface area contributed by atoms with E-state index < -0.39 is 111 Å². The van der Waals surface area contributed by atoms with E-state index in [1.807, 2.05) is 0 Å². The average molecular weight is 1210 g/mol. The number of carbonyl (C=O) groups is 4. The second-order valence-electron chi connectivity index (χ2n) is 14.2. The van der Waals surface area contributed by atoms with Crippen LogP contribution in [0.5, 0.6) is 11.5 Å². The number of carbonyl (C=O) groups excluding carboxylic acids is 4. The van der Waals surface area contributed by atoms with Crippen molar-refractivity contribution in [3.05, 3.63) is 178 Å². The van der Waals surface area contributed by atoms with Crippen molar-refractivity contribution in [1.82, 2.24) is 0 Å². The maximum absolute atomic E-state index is 12.8. The van der Waals surface area contributed by atoms with Crippen LogP contribution in [0.25, 0.3) is 0 Å². The minimum absolute atomic E-state index is 0. The Balaban J connectivity index is 0.00000141. The molecule has 4 N–H and O–H groups in total. The zero-order valence-corrected chi connectivity index (χ0v) is 53.3. The molecule has 31 heteroatoms. The number of rotatable bonds is 16. The predicted octanol–water partition coefficient (Wildman–Crippen LogP) is -8.20. The zero-order chi connectivity index (χ0) is 52.9. The molecule has 0 saturated carbocycles. The Labute approximate surface area is 549 Å². The standard InChI is InChI=1S/2C23H19ClN4O7S.Co.4Na/c2*1-13(29)21(22(31)25-18-9-5-3-7-16(18)24)27-26-19-12-14(10-11-20(19)30)36(34,35)28-17-8-4-2-6-15(17)23(32)33;;;;;/h2*2-12,28-30H,1H3,(H,25,31)(H,32,33);;;;;/q;;+2;4*+1/p-6/b21-13-,27-26?;;;;;;. The number of hydrogen-bond donors (Lipinski definition) is 4. The van der Waals surface area contributed by atoms with Crippen LogP contribution in [-0.4, -0.2) is 40.6 Å². The van der Waals surface area contributed by atoms with E-state index in [-0.39, 0.29) is 168 Å². The molecule has 0 aromatic heterocycles. The minimum Gasteiger partial charge on any atom is -0.874 e. The smallest absolute Gasteiger partial charge is 0.874 e. The number of amides is 2. The van der Waals surface area contributed by atoms with Crippen molar-refractivity contribution in [2.45, 2.75) is 23.6 Å². The Morgan fingerprint density at radius 3 is 1.06 bits per heavy atom. The van der Waals surface area contributed by atoms with Gasteiger partial charge in [-0.1, -0.05) is 121 Å². The topological polar surface area (TPSA) is 372 Å². The summed E-state index contributed by atoms with van der Waals surface area (Å²) < 4.78 is 55.4. The zero-order valence-electron chi connectivity index (χ0n) is 41.1. The first-order valence-electron chi connectivity index (χ1n) is 20.0. The van der Waals surface area contributed by atoms with Crippen LogP contribution in [0.1, 0.15) is 34.6 Å². The van der Waals surface area contributed by atoms with E-state index in [9.17, 15) is 66.7 Å². The molecular weight excluding hydrogens is 1170 g/mol. The van der Waals surface area contributed by atoms with E-state index >= 15 is 0 Å². The Hall–Kier alpha value is -4.33. The second kappa shape index (κ2) is 33.3. The van der Waals surface area contributed by atoms with Gasteiger partial charge in [-0.05, 0) is 60.7 Å². The summed E-state index contributed by atoms with van der Waals surface area (Å²) in [6, 6.07) is 28.3. The number of benzene rings is 6. The fourth-order valence-electron chi connectivity index (χ4n) is 5.64. The molecule has 0 bridgehead atoms. The van der Waals surface area contributed by atoms with Crippen molar-refractivity contribution >= 4 is 101 Å². The van der Waals surface area contributed by atoms with E-state index in [0.717, 1.165) is 62.4 Å². The number of para-hydroxylation sites is 4. The number of nitrogens with zero attached hydrogens (tertiary/aromatic N) is 4. The fourth-order valence-corrected chi connectivity index (χ4v) is 8.20. The predicted molar refractivity (Wildman–Crippen MR) is 250 cm³/mol. The van der Waals surface area contributed by atoms with Gasteiger partial charge in [-0.2, -0.15) is 10.2 Å². The normalized spacial score (nSPS) is 11.4. The van der Waals surface area contributed by atoms with Crippen LogP contribution in [0.2, 0.25) is 10.0 Å². The number of anilines is 4. The van der Waals surface area contributed by atoms with Crippen LogP contribution in [-0.2, 0) is 46.4 Å². The number of carboxylic acid groups (broad SMARTS) is 2. The van der Waals surface area contributed by atoms with Gasteiger partial charge in [-0.15, -0.1) is 21.7 Å². The number of sulfonamides is 2. The Morgan fingerprint density at radius 2 is 0.766 bits per heavy atom. The first-order valence-corrected chi connectivity index (χ1v) is 23.7. The maximum Gasteiger partial charge on any atom is 2.00 e. The van der Waals surface area contributed by atoms with E-state index in [4.69, 9.17) is 23.2 Å². The first-order chi connectivity index (χ1) is 34.0. The SMILES string of the molecule is C/C([O-])=C(/N=Nc1cc(S(=O)(=O)Nc2ccccc2C(=O)[O-])ccc1[O-])C(=O)Nc1ccccc1Cl.CC([O-])=C(N=Nc1cc(S(=O)(=O)Nc2ccccc2C(=O)[O-])ccc1[O-])C(=O)Nc1ccccc1Cl.[Co+2].[Na+].[Na+].[Na+].[Na+]. The number of aromatic carboxylic acids is 2. The van der Waals surface area contributed by atoms with Gasteiger partial charge in [-0.3, -0.25) is 19.0 Å². The molecule has 1 radical (unpaired) electrons. The molecule has 0 atom stereocenters. The van der Waals surface area contributed by atoms with Gasteiger partial charge in [0.1, 0.15) is 11.4 Å². The molecular formula is C46H32Cl2CoN8Na4O14S2. The van der Waals surface area contributed by atoms with Crippen LogP contribution in [0.15, 0.2) is 187 Å². The van der Waals surface area contributed by atoms with E-state index in [2.05, 4.69) is 40.5 Å². The van der Waals surface area contributed by atoms with Crippen molar-refractivity contribution in [3.63, 3.8) is 0 Å². The number of allylic oxidation sites excluding steroid dienone is 2. The Kier molecular flexibility index (Phi) is 31.4. The van der Waals surface area contributed by atoms with Gasteiger partial charge in [0, 0.05) is 11.1 Å². The molecule has 0 heterocycles. The van der Waals surface area contributed by atoms with Gasteiger partial charge >= 0.3 is 135 Å². The van der Waals surface area contributed by atoms with Crippen molar-refractivity contribution in [1.29, 1.82) is 0 Å². The molecule has 0 fully saturated rings. The van der Waals surface area contributed by atoms with E-state index in [0.29, 0.717) is 0 Å². The summed E-state index contributed by atoms with van der Waals surface area (Å²) in [5.74, 6) is -8.14. The summed E-state index contributed by atoms with van der Waals surface area (Å²) in [6.07, 6.45) is 0. The van der Waals surface area contributed by atoms with Crippen molar-refractivity contribution in [3.8, 4) is 11.5 Å². The average Bonchev–Trinajstić information content (AvgIpc) is 3.31. The summed E-state index contributed by atoms with van der Waals surface area (Å²) in [6.45, 7) is 2.11. The molecule has 0 saturated heterocycles. The minimum atomic E-state index is -4.37. The first kappa shape index (κ1) is 72.7. The molecule has 6 rings (SSSR count). The van der Waals surface area contributed by atoms with Crippen LogP contribution < -0.4 is 169 Å². The Bertz CT molecular complexity index is 3260. The van der Waals surface area contributed by atoms with Gasteiger partial charge < -0.3 is 50.9 Å².